The van der Waals surface area contributed by atoms with Gasteiger partial charge in [0.05, 0.1) is 29.1 Å². The zero-order valence-electron chi connectivity index (χ0n) is 21.1. The molecule has 0 unspecified atom stereocenters. The molecule has 0 aliphatic rings. The molecular weight excluding hydrogens is 525 g/mol. The Labute approximate surface area is 223 Å². The van der Waals surface area contributed by atoms with E-state index in [1.54, 1.807) is 43.3 Å². The molecule has 1 atom stereocenters. The van der Waals surface area contributed by atoms with E-state index in [0.29, 0.717) is 34.3 Å². The van der Waals surface area contributed by atoms with Crippen LogP contribution in [0.5, 0.6) is 5.75 Å². The topological polar surface area (TPSA) is 96.0 Å². The second kappa shape index (κ2) is 13.2. The van der Waals surface area contributed by atoms with Crippen molar-refractivity contribution in [1.29, 1.82) is 0 Å². The van der Waals surface area contributed by atoms with E-state index >= 15 is 0 Å². The highest BCUT2D eigenvalue weighted by atomic mass is 35.5. The van der Waals surface area contributed by atoms with Gasteiger partial charge in [-0.3, -0.25) is 13.9 Å². The third-order valence-corrected chi connectivity index (χ3v) is 7.31. The number of carbonyl (C=O) groups excluding carboxylic acids is 2. The maximum atomic E-state index is 13.7. The molecule has 0 aromatic heterocycles. The van der Waals surface area contributed by atoms with E-state index in [2.05, 4.69) is 5.32 Å². The lowest BCUT2D eigenvalue weighted by Crippen LogP contribution is -2.52. The van der Waals surface area contributed by atoms with Crippen LogP contribution < -0.4 is 14.4 Å². The van der Waals surface area contributed by atoms with Gasteiger partial charge in [0.25, 0.3) is 0 Å². The van der Waals surface area contributed by atoms with Gasteiger partial charge in [-0.2, -0.15) is 0 Å². The molecule has 0 radical (unpaired) electrons. The molecule has 0 aliphatic heterocycles. The molecule has 0 fully saturated rings. The quantitative estimate of drug-likeness (QED) is 0.418. The molecule has 0 spiro atoms. The highest BCUT2D eigenvalue weighted by Gasteiger charge is 2.32. The van der Waals surface area contributed by atoms with Crippen molar-refractivity contribution in [3.63, 3.8) is 0 Å². The molecule has 36 heavy (non-hydrogen) atoms. The van der Waals surface area contributed by atoms with Crippen molar-refractivity contribution in [2.45, 2.75) is 39.8 Å². The molecule has 2 aromatic carbocycles. The summed E-state index contributed by atoms with van der Waals surface area (Å²) >= 11 is 12.2. The molecule has 2 amide bonds. The number of amides is 2. The summed E-state index contributed by atoms with van der Waals surface area (Å²) in [5, 5.41) is 3.55. The number of ether oxygens (including phenoxy) is 1. The van der Waals surface area contributed by atoms with Gasteiger partial charge < -0.3 is 15.0 Å². The van der Waals surface area contributed by atoms with Crippen LogP contribution in [0.25, 0.3) is 0 Å². The highest BCUT2D eigenvalue weighted by Crippen LogP contribution is 2.26. The number of nitrogens with zero attached hydrogens (tertiary/aromatic N) is 2. The maximum absolute atomic E-state index is 13.7. The Hall–Kier alpha value is -2.49. The summed E-state index contributed by atoms with van der Waals surface area (Å²) in [7, 11) is -2.37. The van der Waals surface area contributed by atoms with Crippen LogP contribution in [0.15, 0.2) is 42.5 Å². The van der Waals surface area contributed by atoms with Gasteiger partial charge in [-0.1, -0.05) is 56.1 Å². The van der Waals surface area contributed by atoms with Crippen molar-refractivity contribution in [2.24, 2.45) is 5.92 Å². The molecule has 2 rings (SSSR count). The van der Waals surface area contributed by atoms with Crippen LogP contribution in [0, 0.1) is 5.92 Å². The number of sulfonamides is 1. The lowest BCUT2D eigenvalue weighted by atomic mass is 10.1. The standard InChI is InChI=1S/C25H33Cl2N3O5S/c1-6-23(25(32)28-14-17(2)3)29(15-18-10-11-21(26)22(27)12-18)24(31)16-30(36(5,33)34)19-8-7-9-20(13-19)35-4/h7-13,17,23H,6,14-16H2,1-5H3,(H,28,32)/t23-/m1/s1. The van der Waals surface area contributed by atoms with Gasteiger partial charge in [-0.15, -0.1) is 0 Å². The molecular formula is C25H33Cl2N3O5S. The first-order valence-electron chi connectivity index (χ1n) is 11.5. The minimum atomic E-state index is -3.84. The fraction of sp³-hybridized carbons (Fsp3) is 0.440. The summed E-state index contributed by atoms with van der Waals surface area (Å²) in [5.74, 6) is -0.187. The van der Waals surface area contributed by atoms with Crippen LogP contribution in [0.1, 0.15) is 32.8 Å². The number of anilines is 1. The number of carbonyl (C=O) groups is 2. The lowest BCUT2D eigenvalue weighted by Gasteiger charge is -2.33. The largest absolute Gasteiger partial charge is 0.497 e. The number of nitrogens with one attached hydrogen (secondary N) is 1. The smallest absolute Gasteiger partial charge is 0.244 e. The van der Waals surface area contributed by atoms with Crippen molar-refractivity contribution in [3.8, 4) is 5.75 Å². The normalized spacial score (nSPS) is 12.2. The SMILES string of the molecule is CC[C@H](C(=O)NCC(C)C)N(Cc1ccc(Cl)c(Cl)c1)C(=O)CN(c1cccc(OC)c1)S(C)(=O)=O. The molecule has 0 heterocycles. The van der Waals surface area contributed by atoms with Crippen LogP contribution in [-0.2, 0) is 26.2 Å². The molecule has 0 saturated heterocycles. The van der Waals surface area contributed by atoms with Crippen LogP contribution in [0.3, 0.4) is 0 Å². The fourth-order valence-corrected chi connectivity index (χ4v) is 4.72. The van der Waals surface area contributed by atoms with E-state index in [1.807, 2.05) is 13.8 Å². The van der Waals surface area contributed by atoms with E-state index in [4.69, 9.17) is 27.9 Å². The Morgan fingerprint density at radius 2 is 1.78 bits per heavy atom. The second-order valence-electron chi connectivity index (χ2n) is 8.80. The molecule has 8 nitrogen and oxygen atoms in total. The van der Waals surface area contributed by atoms with Gasteiger partial charge in [-0.25, -0.2) is 8.42 Å². The van der Waals surface area contributed by atoms with E-state index < -0.39 is 28.5 Å². The summed E-state index contributed by atoms with van der Waals surface area (Å²) < 4.78 is 31.6. The molecule has 2 aromatic rings. The zero-order valence-corrected chi connectivity index (χ0v) is 23.5. The number of benzene rings is 2. The number of halogens is 2. The average Bonchev–Trinajstić information content (AvgIpc) is 2.82. The minimum absolute atomic E-state index is 0.0407. The lowest BCUT2D eigenvalue weighted by molar-refractivity contribution is -0.140. The number of hydrogen-bond donors (Lipinski definition) is 1. The zero-order chi connectivity index (χ0) is 27.0. The van der Waals surface area contributed by atoms with Gasteiger partial charge in [0, 0.05) is 19.2 Å². The Kier molecular flexibility index (Phi) is 10.9. The Bertz CT molecular complexity index is 1170. The van der Waals surface area contributed by atoms with Gasteiger partial charge >= 0.3 is 0 Å². The summed E-state index contributed by atoms with van der Waals surface area (Å²) in [4.78, 5) is 28.1. The summed E-state index contributed by atoms with van der Waals surface area (Å²) in [6, 6.07) is 10.5. The number of hydrogen-bond acceptors (Lipinski definition) is 5. The molecule has 0 bridgehead atoms. The van der Waals surface area contributed by atoms with Crippen molar-refractivity contribution in [3.05, 3.63) is 58.1 Å². The van der Waals surface area contributed by atoms with Crippen LogP contribution >= 0.6 is 23.2 Å². The summed E-state index contributed by atoms with van der Waals surface area (Å²) in [6.45, 7) is 5.73. The van der Waals surface area contributed by atoms with Crippen molar-refractivity contribution in [2.75, 3.05) is 30.8 Å². The van der Waals surface area contributed by atoms with E-state index in [1.165, 1.54) is 18.1 Å². The Morgan fingerprint density at radius 3 is 2.33 bits per heavy atom. The van der Waals surface area contributed by atoms with Crippen LogP contribution in [-0.4, -0.2) is 57.6 Å². The minimum Gasteiger partial charge on any atom is -0.497 e. The fourth-order valence-electron chi connectivity index (χ4n) is 3.56. The predicted octanol–water partition coefficient (Wildman–Crippen LogP) is 4.35. The molecule has 11 heteroatoms. The first kappa shape index (κ1) is 29.7. The van der Waals surface area contributed by atoms with Crippen LogP contribution in [0.2, 0.25) is 10.0 Å². The molecule has 198 valence electrons. The van der Waals surface area contributed by atoms with Gasteiger partial charge in [-0.05, 0) is 42.2 Å². The maximum Gasteiger partial charge on any atom is 0.244 e. The molecule has 1 N–H and O–H groups in total. The van der Waals surface area contributed by atoms with Crippen molar-refractivity contribution >= 4 is 50.7 Å². The molecule has 0 saturated carbocycles. The van der Waals surface area contributed by atoms with E-state index in [9.17, 15) is 18.0 Å². The van der Waals surface area contributed by atoms with Gasteiger partial charge in [0.2, 0.25) is 21.8 Å². The third-order valence-electron chi connectivity index (χ3n) is 5.43. The number of methoxy groups -OCH3 is 1. The first-order valence-corrected chi connectivity index (χ1v) is 14.1. The van der Waals surface area contributed by atoms with Gasteiger partial charge in [0.1, 0.15) is 18.3 Å². The summed E-state index contributed by atoms with van der Waals surface area (Å²) in [5.41, 5.74) is 0.928. The number of rotatable bonds is 12. The highest BCUT2D eigenvalue weighted by molar-refractivity contribution is 7.92. The van der Waals surface area contributed by atoms with E-state index in [-0.39, 0.29) is 24.1 Å². The third kappa shape index (κ3) is 8.28. The monoisotopic (exact) mass is 557 g/mol. The first-order chi connectivity index (χ1) is 16.9. The van der Waals surface area contributed by atoms with Crippen molar-refractivity contribution in [1.82, 2.24) is 10.2 Å². The second-order valence-corrected chi connectivity index (χ2v) is 11.5. The predicted molar refractivity (Wildman–Crippen MR) is 144 cm³/mol. The van der Waals surface area contributed by atoms with E-state index in [0.717, 1.165) is 10.6 Å². The Morgan fingerprint density at radius 1 is 1.08 bits per heavy atom. The Balaban J connectivity index is 2.46. The van der Waals surface area contributed by atoms with Gasteiger partial charge in [0.15, 0.2) is 0 Å². The van der Waals surface area contributed by atoms with Crippen LogP contribution in [0.4, 0.5) is 5.69 Å². The summed E-state index contributed by atoms with van der Waals surface area (Å²) in [6.07, 6.45) is 1.35. The van der Waals surface area contributed by atoms with Crippen molar-refractivity contribution < 1.29 is 22.7 Å². The molecule has 0 aliphatic carbocycles. The average molecular weight is 559 g/mol.